The standard InChI is InChI=1S/C27H33N9O15P2/c1-10-3-4-12-16(11(10)2)32-18-24(33-27(43)34-25(18)42)35(12)5-13(37)19(39)14(38)6-48-52(44,45)51-53(46,47)49-7-15-20(40)21(41)26(50-15)36-9-31-17-22(28)29-8-30-23(17)36/h3-4,8-9,13-15,19-21,26,37-41H,5-7H2,1-2H3,(H,44,45)(H,46,47)(H2,28,29,30)(H,34,42,43)/t13-,14+,15+,19-,20+,21+,26+/m0/s1. The van der Waals surface area contributed by atoms with E-state index in [0.29, 0.717) is 16.6 Å². The second-order valence-electron chi connectivity index (χ2n) is 12.0. The Balaban J connectivity index is 1.07. The number of aliphatic hydroxyl groups is 5. The molecule has 0 radical (unpaired) electrons. The van der Waals surface area contributed by atoms with E-state index in [1.54, 1.807) is 26.0 Å². The van der Waals surface area contributed by atoms with Crippen molar-refractivity contribution in [3.8, 4) is 11.5 Å². The first-order valence-corrected chi connectivity index (χ1v) is 18.4. The summed E-state index contributed by atoms with van der Waals surface area (Å²) in [6.07, 6.45) is -9.93. The van der Waals surface area contributed by atoms with Gasteiger partial charge in [0.05, 0.1) is 37.1 Å². The molecule has 24 nitrogen and oxygen atoms in total. The molecule has 6 rings (SSSR count). The summed E-state index contributed by atoms with van der Waals surface area (Å²) in [5.41, 5.74) is 6.05. The van der Waals surface area contributed by atoms with Crippen LogP contribution in [-0.2, 0) is 33.8 Å². The van der Waals surface area contributed by atoms with Gasteiger partial charge in [0.15, 0.2) is 29.2 Å². The molecular weight excluding hydrogens is 752 g/mol. The second kappa shape index (κ2) is 14.6. The number of benzene rings is 1. The van der Waals surface area contributed by atoms with Gasteiger partial charge in [-0.15, -0.1) is 0 Å². The van der Waals surface area contributed by atoms with Crippen molar-refractivity contribution in [1.82, 2.24) is 39.0 Å². The number of phosphoric acid groups is 2. The summed E-state index contributed by atoms with van der Waals surface area (Å²) in [7, 11) is -11.0. The van der Waals surface area contributed by atoms with Crippen LogP contribution in [0.5, 0.6) is 0 Å². The number of rotatable bonds is 13. The van der Waals surface area contributed by atoms with E-state index in [1.165, 1.54) is 15.5 Å². The molecule has 1 fully saturated rings. The van der Waals surface area contributed by atoms with Gasteiger partial charge < -0.3 is 50.4 Å². The third-order valence-electron chi connectivity index (χ3n) is 8.48. The van der Waals surface area contributed by atoms with E-state index in [1.807, 2.05) is 4.98 Å². The third kappa shape index (κ3) is 7.77. The molecule has 3 aliphatic rings. The van der Waals surface area contributed by atoms with Gasteiger partial charge in [0.2, 0.25) is 0 Å². The summed E-state index contributed by atoms with van der Waals surface area (Å²) in [4.78, 5) is 66.7. The molecule has 0 bridgehead atoms. The van der Waals surface area contributed by atoms with Crippen LogP contribution in [0.15, 0.2) is 34.4 Å². The number of anilines is 1. The molecule has 0 spiro atoms. The lowest BCUT2D eigenvalue weighted by atomic mass is 10.1. The minimum atomic E-state index is -5.54. The van der Waals surface area contributed by atoms with E-state index in [9.17, 15) is 54.0 Å². The summed E-state index contributed by atoms with van der Waals surface area (Å²) in [5.74, 6) is -0.212. The minimum Gasteiger partial charge on any atom is -0.388 e. The highest BCUT2D eigenvalue weighted by molar-refractivity contribution is 7.61. The highest BCUT2D eigenvalue weighted by Gasteiger charge is 2.46. The van der Waals surface area contributed by atoms with Gasteiger partial charge in [-0.1, -0.05) is 6.07 Å². The molecule has 3 aliphatic heterocycles. The van der Waals surface area contributed by atoms with Crippen LogP contribution in [0.1, 0.15) is 17.4 Å². The van der Waals surface area contributed by atoms with Gasteiger partial charge in [-0.25, -0.2) is 33.9 Å². The summed E-state index contributed by atoms with van der Waals surface area (Å²) in [5, 5.41) is 53.0. The van der Waals surface area contributed by atoms with Crippen LogP contribution < -0.4 is 17.0 Å². The van der Waals surface area contributed by atoms with Crippen LogP contribution in [0.4, 0.5) is 5.82 Å². The molecule has 3 aromatic rings. The first kappa shape index (κ1) is 38.6. The smallest absolute Gasteiger partial charge is 0.388 e. The molecule has 10 N–H and O–H groups in total. The van der Waals surface area contributed by atoms with Crippen LogP contribution in [-0.4, -0.2) is 124 Å². The Morgan fingerprint density at radius 2 is 1.70 bits per heavy atom. The second-order valence-corrected chi connectivity index (χ2v) is 15.0. The number of fused-ring (bicyclic) bond motifs is 3. The topological polar surface area (TPSA) is 363 Å². The van der Waals surface area contributed by atoms with E-state index >= 15 is 0 Å². The number of hydrogen-bond acceptors (Lipinski definition) is 19. The van der Waals surface area contributed by atoms with E-state index in [0.717, 1.165) is 11.9 Å². The van der Waals surface area contributed by atoms with Crippen LogP contribution in [0.25, 0.3) is 33.7 Å². The normalized spacial score (nSPS) is 23.3. The van der Waals surface area contributed by atoms with E-state index in [-0.39, 0.29) is 28.5 Å². The van der Waals surface area contributed by atoms with Crippen molar-refractivity contribution in [3.05, 3.63) is 56.8 Å². The largest absolute Gasteiger partial charge is 0.481 e. The Kier molecular flexibility index (Phi) is 10.6. The molecular formula is C27H33N9O15P2. The number of nitrogens with zero attached hydrogens (tertiary/aromatic N) is 7. The maximum absolute atomic E-state index is 12.6. The molecule has 9 atom stereocenters. The van der Waals surface area contributed by atoms with Crippen LogP contribution in [0, 0.1) is 13.8 Å². The number of nitrogens with one attached hydrogen (secondary N) is 1. The van der Waals surface area contributed by atoms with Gasteiger partial charge in [0, 0.05) is 0 Å². The molecule has 5 heterocycles. The van der Waals surface area contributed by atoms with E-state index in [4.69, 9.17) is 15.0 Å². The fraction of sp³-hybridized carbons (Fsp3) is 0.444. The Bertz CT molecular complexity index is 2350. The van der Waals surface area contributed by atoms with Crippen LogP contribution in [0.2, 0.25) is 0 Å². The van der Waals surface area contributed by atoms with E-state index in [2.05, 4.69) is 33.8 Å². The zero-order valence-electron chi connectivity index (χ0n) is 27.5. The molecule has 286 valence electrons. The monoisotopic (exact) mass is 785 g/mol. The first-order valence-electron chi connectivity index (χ1n) is 15.4. The number of imidazole rings is 1. The number of H-pyrrole nitrogens is 1. The highest BCUT2D eigenvalue weighted by Crippen LogP contribution is 2.60. The lowest BCUT2D eigenvalue weighted by molar-refractivity contribution is -0.0794. The fourth-order valence-electron chi connectivity index (χ4n) is 5.60. The van der Waals surface area contributed by atoms with Gasteiger partial charge >= 0.3 is 21.3 Å². The summed E-state index contributed by atoms with van der Waals surface area (Å²) in [6.45, 7) is 0.750. The van der Waals surface area contributed by atoms with Crippen molar-refractivity contribution in [2.24, 2.45) is 0 Å². The van der Waals surface area contributed by atoms with Gasteiger partial charge in [-0.05, 0) is 31.0 Å². The summed E-state index contributed by atoms with van der Waals surface area (Å²) in [6, 6.07) is 3.29. The quantitative estimate of drug-likeness (QED) is 0.0443. The number of phosphoric ester groups is 2. The van der Waals surface area contributed by atoms with Crippen molar-refractivity contribution >= 4 is 43.7 Å². The predicted octanol–water partition coefficient (Wildman–Crippen LogP) is -2.42. The van der Waals surface area contributed by atoms with Crippen molar-refractivity contribution < 1.29 is 62.5 Å². The Morgan fingerprint density at radius 1 is 0.981 bits per heavy atom. The average molecular weight is 786 g/mol. The Labute approximate surface area is 295 Å². The SMILES string of the molecule is Cc1ccc2c(nc3c(=O)[nH]c(=O)nc-3n2C[C@H](O)[C@H](O)[C@H](O)COP(=O)(O)OP(=O)(O)OC[C@H]2O[C@@H](n3cnc4c(N)ncnc43)[C@H](O)[C@@H]2O)c1C. The van der Waals surface area contributed by atoms with Crippen molar-refractivity contribution in [2.75, 3.05) is 18.9 Å². The zero-order valence-corrected chi connectivity index (χ0v) is 29.3. The van der Waals surface area contributed by atoms with Crippen LogP contribution in [0.3, 0.4) is 0 Å². The third-order valence-corrected chi connectivity index (χ3v) is 11.1. The molecule has 1 aromatic carbocycles. The number of aromatic nitrogens is 8. The number of ether oxygens (including phenoxy) is 1. The number of aliphatic hydroxyl groups excluding tert-OH is 5. The first-order chi connectivity index (χ1) is 24.9. The van der Waals surface area contributed by atoms with Crippen molar-refractivity contribution in [3.63, 3.8) is 0 Å². The van der Waals surface area contributed by atoms with E-state index < -0.39 is 89.5 Å². The predicted molar refractivity (Wildman–Crippen MR) is 177 cm³/mol. The maximum Gasteiger partial charge on any atom is 0.481 e. The number of nitrogens with two attached hydrogens (primary N) is 1. The molecule has 26 heteroatoms. The van der Waals surface area contributed by atoms with Crippen LogP contribution >= 0.6 is 15.6 Å². The van der Waals surface area contributed by atoms with Crippen molar-refractivity contribution in [1.29, 1.82) is 0 Å². The molecule has 1 saturated heterocycles. The van der Waals surface area contributed by atoms with Gasteiger partial charge in [0.25, 0.3) is 5.56 Å². The van der Waals surface area contributed by atoms with Crippen molar-refractivity contribution in [2.45, 2.75) is 63.2 Å². The molecule has 2 unspecified atom stereocenters. The van der Waals surface area contributed by atoms with Gasteiger partial charge in [-0.3, -0.25) is 23.4 Å². The fourth-order valence-corrected chi connectivity index (χ4v) is 7.70. The lowest BCUT2D eigenvalue weighted by Gasteiger charge is -2.26. The highest BCUT2D eigenvalue weighted by atomic mass is 31.3. The summed E-state index contributed by atoms with van der Waals surface area (Å²) >= 11 is 0. The molecule has 0 amide bonds. The maximum atomic E-state index is 12.6. The minimum absolute atomic E-state index is 0.0293. The molecule has 53 heavy (non-hydrogen) atoms. The number of hydrogen-bond donors (Lipinski definition) is 9. The zero-order chi connectivity index (χ0) is 38.6. The Morgan fingerprint density at radius 3 is 2.43 bits per heavy atom. The number of aromatic amines is 1. The van der Waals surface area contributed by atoms with Gasteiger partial charge in [0.1, 0.15) is 48.5 Å². The Hall–Kier alpha value is -4.13. The average Bonchev–Trinajstić information content (AvgIpc) is 3.64. The molecule has 0 aliphatic carbocycles. The number of nitrogen functional groups attached to an aromatic ring is 1. The number of aryl methyl sites for hydroxylation is 2. The summed E-state index contributed by atoms with van der Waals surface area (Å²) < 4.78 is 46.6. The molecule has 0 saturated carbocycles. The van der Waals surface area contributed by atoms with Gasteiger partial charge in [-0.2, -0.15) is 9.29 Å². The lowest BCUT2D eigenvalue weighted by Crippen LogP contribution is -2.42. The molecule has 2 aromatic heterocycles.